The quantitative estimate of drug-likeness (QED) is 0.405. The number of aliphatic hydroxyl groups excluding tert-OH is 1. The Hall–Kier alpha value is -3.11. The molecule has 8 nitrogen and oxygen atoms in total. The SMILES string of the molecule is CCCOc1c(C#N)c(SC(C=O)c2ccccc2)nc(N2CCCN(CCO)CC2)c1C#N. The van der Waals surface area contributed by atoms with Crippen molar-refractivity contribution < 1.29 is 14.6 Å². The Labute approximate surface area is 204 Å². The fourth-order valence-electron chi connectivity index (χ4n) is 3.88. The number of ether oxygens (including phenoxy) is 1. The number of thioether (sulfide) groups is 1. The number of β-amino-alcohol motifs (C(OH)–C–C–N with tert-alkyl or cyclic N) is 1. The first kappa shape index (κ1) is 25.5. The standard InChI is InChI=1S/C25H29N5O3S/c1-2-15-33-23-20(16-26)24(30-10-6-9-29(11-12-30)13-14-31)28-25(21(23)17-27)34-22(18-32)19-7-4-3-5-8-19/h3-5,7-8,18,22,31H,2,6,9-15H2,1H3. The molecular weight excluding hydrogens is 450 g/mol. The Morgan fingerprint density at radius 2 is 1.94 bits per heavy atom. The maximum atomic E-state index is 12.0. The lowest BCUT2D eigenvalue weighted by molar-refractivity contribution is -0.107. The van der Waals surface area contributed by atoms with Crippen LogP contribution in [0.2, 0.25) is 0 Å². The van der Waals surface area contributed by atoms with Crippen molar-refractivity contribution in [3.8, 4) is 17.9 Å². The molecule has 0 bridgehead atoms. The van der Waals surface area contributed by atoms with Crippen molar-refractivity contribution in [3.05, 3.63) is 47.0 Å². The highest BCUT2D eigenvalue weighted by molar-refractivity contribution is 8.00. The van der Waals surface area contributed by atoms with E-state index in [-0.39, 0.29) is 23.5 Å². The monoisotopic (exact) mass is 479 g/mol. The second kappa shape index (κ2) is 13.0. The Morgan fingerprint density at radius 1 is 1.18 bits per heavy atom. The van der Waals surface area contributed by atoms with Crippen molar-refractivity contribution in [2.45, 2.75) is 30.0 Å². The summed E-state index contributed by atoms with van der Waals surface area (Å²) in [6.45, 7) is 5.89. The van der Waals surface area contributed by atoms with Gasteiger partial charge >= 0.3 is 0 Å². The summed E-state index contributed by atoms with van der Waals surface area (Å²) in [5.74, 6) is 0.701. The number of rotatable bonds is 10. The number of aromatic nitrogens is 1. The number of benzene rings is 1. The fraction of sp³-hybridized carbons (Fsp3) is 0.440. The first-order valence-corrected chi connectivity index (χ1v) is 12.3. The molecule has 0 spiro atoms. The molecule has 3 rings (SSSR count). The molecule has 1 atom stereocenters. The third kappa shape index (κ3) is 6.06. The number of anilines is 1. The van der Waals surface area contributed by atoms with E-state index in [1.807, 2.05) is 42.2 Å². The summed E-state index contributed by atoms with van der Waals surface area (Å²) >= 11 is 1.19. The maximum absolute atomic E-state index is 12.0. The van der Waals surface area contributed by atoms with Gasteiger partial charge in [0.1, 0.15) is 34.6 Å². The zero-order valence-electron chi connectivity index (χ0n) is 19.3. The van der Waals surface area contributed by atoms with Crippen LogP contribution in [0.1, 0.15) is 41.7 Å². The van der Waals surface area contributed by atoms with Gasteiger partial charge in [0.15, 0.2) is 11.6 Å². The molecule has 1 aliphatic heterocycles. The fourth-order valence-corrected chi connectivity index (χ4v) is 4.86. The van der Waals surface area contributed by atoms with E-state index in [9.17, 15) is 20.4 Å². The van der Waals surface area contributed by atoms with E-state index in [2.05, 4.69) is 17.0 Å². The number of nitrogens with zero attached hydrogens (tertiary/aromatic N) is 5. The molecule has 1 fully saturated rings. The van der Waals surface area contributed by atoms with Gasteiger partial charge in [0, 0.05) is 26.2 Å². The van der Waals surface area contributed by atoms with Crippen LogP contribution in [0.5, 0.6) is 5.75 Å². The number of hydrogen-bond donors (Lipinski definition) is 1. The molecule has 34 heavy (non-hydrogen) atoms. The molecule has 0 radical (unpaired) electrons. The number of aliphatic hydroxyl groups is 1. The first-order chi connectivity index (χ1) is 16.7. The third-order valence-electron chi connectivity index (χ3n) is 5.57. The minimum atomic E-state index is -0.551. The van der Waals surface area contributed by atoms with Gasteiger partial charge in [0.2, 0.25) is 0 Å². The molecule has 1 aromatic heterocycles. The molecule has 0 amide bonds. The molecule has 1 aromatic carbocycles. The highest BCUT2D eigenvalue weighted by Crippen LogP contribution is 2.41. The Bertz CT molecular complexity index is 1050. The van der Waals surface area contributed by atoms with E-state index in [1.54, 1.807) is 0 Å². The van der Waals surface area contributed by atoms with Gasteiger partial charge in [0.05, 0.1) is 18.5 Å². The lowest BCUT2D eigenvalue weighted by atomic mass is 10.1. The van der Waals surface area contributed by atoms with Gasteiger partial charge in [-0.2, -0.15) is 10.5 Å². The zero-order valence-corrected chi connectivity index (χ0v) is 20.1. The van der Waals surface area contributed by atoms with E-state index >= 15 is 0 Å². The van der Waals surface area contributed by atoms with E-state index in [4.69, 9.17) is 9.72 Å². The van der Waals surface area contributed by atoms with E-state index < -0.39 is 5.25 Å². The van der Waals surface area contributed by atoms with Gasteiger partial charge in [-0.05, 0) is 24.9 Å². The molecule has 178 valence electrons. The number of aldehydes is 1. The molecule has 0 saturated carbocycles. The van der Waals surface area contributed by atoms with Crippen LogP contribution in [0.4, 0.5) is 5.82 Å². The average molecular weight is 480 g/mol. The summed E-state index contributed by atoms with van der Waals surface area (Å²) in [5.41, 5.74) is 1.23. The second-order valence-electron chi connectivity index (χ2n) is 7.88. The molecule has 2 aromatic rings. The Kier molecular flexibility index (Phi) is 9.72. The predicted octanol–water partition coefficient (Wildman–Crippen LogP) is 3.15. The minimum Gasteiger partial charge on any atom is -0.491 e. The van der Waals surface area contributed by atoms with Crippen molar-refractivity contribution in [2.75, 3.05) is 50.8 Å². The molecule has 9 heteroatoms. The van der Waals surface area contributed by atoms with Crippen molar-refractivity contribution in [2.24, 2.45) is 0 Å². The second-order valence-corrected chi connectivity index (χ2v) is 9.01. The zero-order chi connectivity index (χ0) is 24.3. The van der Waals surface area contributed by atoms with Crippen LogP contribution in [0.3, 0.4) is 0 Å². The number of pyridine rings is 1. The van der Waals surface area contributed by atoms with Crippen molar-refractivity contribution in [1.82, 2.24) is 9.88 Å². The van der Waals surface area contributed by atoms with Crippen LogP contribution in [0, 0.1) is 22.7 Å². The number of carbonyl (C=O) groups excluding carboxylic acids is 1. The van der Waals surface area contributed by atoms with Crippen LogP contribution in [-0.4, -0.2) is 67.2 Å². The van der Waals surface area contributed by atoms with Gasteiger partial charge in [-0.1, -0.05) is 49.0 Å². The number of carbonyl (C=O) groups is 1. The third-order valence-corrected chi connectivity index (χ3v) is 6.72. The summed E-state index contributed by atoms with van der Waals surface area (Å²) in [6.07, 6.45) is 2.41. The minimum absolute atomic E-state index is 0.0981. The predicted molar refractivity (Wildman–Crippen MR) is 131 cm³/mol. The molecule has 1 aliphatic rings. The summed E-state index contributed by atoms with van der Waals surface area (Å²) in [6, 6.07) is 13.7. The normalized spacial score (nSPS) is 15.1. The van der Waals surface area contributed by atoms with Gasteiger partial charge in [-0.3, -0.25) is 4.90 Å². The van der Waals surface area contributed by atoms with Crippen LogP contribution in [0.15, 0.2) is 35.4 Å². The summed E-state index contributed by atoms with van der Waals surface area (Å²) < 4.78 is 5.93. The highest BCUT2D eigenvalue weighted by Gasteiger charge is 2.28. The number of hydrogen-bond acceptors (Lipinski definition) is 9. The van der Waals surface area contributed by atoms with E-state index in [1.165, 1.54) is 11.8 Å². The summed E-state index contributed by atoms with van der Waals surface area (Å²) in [5, 5.41) is 29.2. The topological polar surface area (TPSA) is 113 Å². The summed E-state index contributed by atoms with van der Waals surface area (Å²) in [7, 11) is 0. The molecule has 0 aliphatic carbocycles. The Morgan fingerprint density at radius 3 is 2.59 bits per heavy atom. The first-order valence-electron chi connectivity index (χ1n) is 11.4. The summed E-state index contributed by atoms with van der Waals surface area (Å²) in [4.78, 5) is 21.0. The van der Waals surface area contributed by atoms with Crippen molar-refractivity contribution in [3.63, 3.8) is 0 Å². The lowest BCUT2D eigenvalue weighted by Gasteiger charge is -2.25. The molecule has 1 unspecified atom stereocenters. The molecule has 1 N–H and O–H groups in total. The van der Waals surface area contributed by atoms with Gasteiger partial charge in [0.25, 0.3) is 0 Å². The van der Waals surface area contributed by atoms with Gasteiger partial charge < -0.3 is 19.5 Å². The lowest BCUT2D eigenvalue weighted by Crippen LogP contribution is -2.33. The van der Waals surface area contributed by atoms with Crippen LogP contribution < -0.4 is 9.64 Å². The van der Waals surface area contributed by atoms with Gasteiger partial charge in [-0.25, -0.2) is 4.98 Å². The van der Waals surface area contributed by atoms with E-state index in [0.29, 0.717) is 37.1 Å². The van der Waals surface area contributed by atoms with Crippen molar-refractivity contribution >= 4 is 23.9 Å². The largest absolute Gasteiger partial charge is 0.491 e. The van der Waals surface area contributed by atoms with Crippen LogP contribution in [0.25, 0.3) is 0 Å². The molecule has 1 saturated heterocycles. The maximum Gasteiger partial charge on any atom is 0.161 e. The van der Waals surface area contributed by atoms with Gasteiger partial charge in [-0.15, -0.1) is 0 Å². The molecule has 2 heterocycles. The van der Waals surface area contributed by atoms with Crippen LogP contribution in [-0.2, 0) is 4.79 Å². The Balaban J connectivity index is 2.07. The molecular formula is C25H29N5O3S. The number of nitriles is 2. The smallest absolute Gasteiger partial charge is 0.161 e. The highest BCUT2D eigenvalue weighted by atomic mass is 32.2. The van der Waals surface area contributed by atoms with Crippen LogP contribution >= 0.6 is 11.8 Å². The van der Waals surface area contributed by atoms with E-state index in [0.717, 1.165) is 37.8 Å². The average Bonchev–Trinajstić information content (AvgIpc) is 3.11. The van der Waals surface area contributed by atoms with Crippen molar-refractivity contribution in [1.29, 1.82) is 10.5 Å².